The average Bonchev–Trinajstić information content (AvgIpc) is 3.69. The maximum atomic E-state index is 6.20. The molecule has 11 rings (SSSR count). The van der Waals surface area contributed by atoms with Crippen LogP contribution in [0.5, 0.6) is 0 Å². The summed E-state index contributed by atoms with van der Waals surface area (Å²) in [6, 6.07) is 49.4. The van der Waals surface area contributed by atoms with Crippen LogP contribution in [0.25, 0.3) is 86.2 Å². The molecule has 0 saturated heterocycles. The van der Waals surface area contributed by atoms with Gasteiger partial charge in [-0.15, -0.1) is 11.3 Å². The molecule has 0 unspecified atom stereocenters. The topological polar surface area (TPSA) is 42.2 Å². The summed E-state index contributed by atoms with van der Waals surface area (Å²) >= 11 is 1.75. The van der Waals surface area contributed by atoms with Crippen molar-refractivity contribution in [3.05, 3.63) is 140 Å². The molecule has 4 heterocycles. The van der Waals surface area contributed by atoms with E-state index in [9.17, 15) is 0 Å². The van der Waals surface area contributed by atoms with Crippen molar-refractivity contribution in [1.82, 2.24) is 9.97 Å². The first-order chi connectivity index (χ1) is 23.3. The van der Waals surface area contributed by atoms with E-state index in [1.165, 1.54) is 37.4 Å². The minimum atomic E-state index is 0.659. The van der Waals surface area contributed by atoms with Crippen LogP contribution < -0.4 is 4.90 Å². The van der Waals surface area contributed by atoms with Crippen LogP contribution in [0, 0.1) is 0 Å². The molecule has 4 nitrogen and oxygen atoms in total. The highest BCUT2D eigenvalue weighted by atomic mass is 32.1. The molecule has 0 bridgehead atoms. The van der Waals surface area contributed by atoms with Crippen molar-refractivity contribution in [3.8, 4) is 22.4 Å². The Bertz CT molecular complexity index is 2930. The van der Waals surface area contributed by atoms with Crippen molar-refractivity contribution in [2.45, 2.75) is 0 Å². The lowest BCUT2D eigenvalue weighted by Crippen LogP contribution is -2.18. The molecule has 5 heteroatoms. The quantitative estimate of drug-likeness (QED) is 0.194. The highest BCUT2D eigenvalue weighted by molar-refractivity contribution is 7.26. The van der Waals surface area contributed by atoms with Crippen molar-refractivity contribution < 1.29 is 4.42 Å². The summed E-state index contributed by atoms with van der Waals surface area (Å²) in [5.41, 5.74) is 9.30. The van der Waals surface area contributed by atoms with Gasteiger partial charge in [-0.05, 0) is 64.2 Å². The molecule has 218 valence electrons. The number of anilines is 3. The van der Waals surface area contributed by atoms with E-state index in [2.05, 4.69) is 132 Å². The molecule has 0 radical (unpaired) electrons. The standard InChI is InChI=1S/C42H23N3OS/c1-2-12-27-24(9-1)19-21-33-38(27)30-15-7-10-25-11-8-16-32(37(25)30)45(33)42-43-39(41-40(44-42)29-14-4-6-18-36(29)47-41)26-20-22-35-31(23-26)28-13-3-5-17-34(28)46-35/h1-23H. The van der Waals surface area contributed by atoms with Gasteiger partial charge < -0.3 is 4.42 Å². The Morgan fingerprint density at radius 2 is 1.32 bits per heavy atom. The number of thiophene rings is 1. The zero-order valence-electron chi connectivity index (χ0n) is 24.9. The number of hydrogen-bond donors (Lipinski definition) is 0. The van der Waals surface area contributed by atoms with Crippen molar-refractivity contribution in [2.24, 2.45) is 0 Å². The van der Waals surface area contributed by atoms with Gasteiger partial charge in [-0.3, -0.25) is 4.90 Å². The van der Waals surface area contributed by atoms with E-state index in [0.717, 1.165) is 60.2 Å². The fourth-order valence-electron chi connectivity index (χ4n) is 7.54. The van der Waals surface area contributed by atoms with Crippen LogP contribution >= 0.6 is 11.3 Å². The predicted octanol–water partition coefficient (Wildman–Crippen LogP) is 12.2. The molecule has 7 aromatic carbocycles. The lowest BCUT2D eigenvalue weighted by atomic mass is 9.88. The van der Waals surface area contributed by atoms with Crippen molar-refractivity contribution in [1.29, 1.82) is 0 Å². The Kier molecular flexibility index (Phi) is 4.96. The van der Waals surface area contributed by atoms with Crippen molar-refractivity contribution in [2.75, 3.05) is 4.90 Å². The van der Waals surface area contributed by atoms with E-state index in [-0.39, 0.29) is 0 Å². The second-order valence-corrected chi connectivity index (χ2v) is 13.2. The van der Waals surface area contributed by atoms with Gasteiger partial charge >= 0.3 is 0 Å². The molecule has 1 aliphatic heterocycles. The first kappa shape index (κ1) is 25.2. The molecule has 0 spiro atoms. The molecule has 3 aromatic heterocycles. The van der Waals surface area contributed by atoms with E-state index in [1.54, 1.807) is 11.3 Å². The average molecular weight is 618 g/mol. The van der Waals surface area contributed by atoms with E-state index >= 15 is 0 Å². The number of hydrogen-bond acceptors (Lipinski definition) is 5. The summed E-state index contributed by atoms with van der Waals surface area (Å²) in [6.07, 6.45) is 0. The maximum Gasteiger partial charge on any atom is 0.235 e. The van der Waals surface area contributed by atoms with Gasteiger partial charge in [0.15, 0.2) is 0 Å². The second kappa shape index (κ2) is 9.25. The van der Waals surface area contributed by atoms with Gasteiger partial charge in [-0.25, -0.2) is 9.97 Å². The summed E-state index contributed by atoms with van der Waals surface area (Å²) in [5, 5.41) is 8.17. The van der Waals surface area contributed by atoms with Gasteiger partial charge in [0.1, 0.15) is 11.2 Å². The number of fused-ring (bicyclic) bond motifs is 10. The molecular formula is C42H23N3OS. The molecular weight excluding hydrogens is 595 g/mol. The number of nitrogens with zero attached hydrogens (tertiary/aromatic N) is 3. The van der Waals surface area contributed by atoms with Gasteiger partial charge in [0.25, 0.3) is 0 Å². The molecule has 10 aromatic rings. The van der Waals surface area contributed by atoms with Crippen molar-refractivity contribution in [3.63, 3.8) is 0 Å². The van der Waals surface area contributed by atoms with Crippen LogP contribution in [0.2, 0.25) is 0 Å². The summed E-state index contributed by atoms with van der Waals surface area (Å²) in [5.74, 6) is 0.659. The number of rotatable bonds is 2. The second-order valence-electron chi connectivity index (χ2n) is 12.2. The predicted molar refractivity (Wildman–Crippen MR) is 196 cm³/mol. The van der Waals surface area contributed by atoms with Crippen molar-refractivity contribution >= 4 is 92.4 Å². The fraction of sp³-hybridized carbons (Fsp3) is 0. The summed E-state index contributed by atoms with van der Waals surface area (Å²) in [7, 11) is 0. The van der Waals surface area contributed by atoms with Crippen LogP contribution in [-0.4, -0.2) is 9.97 Å². The van der Waals surface area contributed by atoms with Gasteiger partial charge in [0.2, 0.25) is 5.95 Å². The first-order valence-electron chi connectivity index (χ1n) is 15.8. The van der Waals surface area contributed by atoms with Crippen LogP contribution in [0.15, 0.2) is 144 Å². The minimum Gasteiger partial charge on any atom is -0.456 e. The van der Waals surface area contributed by atoms with Crippen LogP contribution in [0.1, 0.15) is 0 Å². The van der Waals surface area contributed by atoms with Gasteiger partial charge in [-0.2, -0.15) is 0 Å². The molecule has 0 aliphatic carbocycles. The van der Waals surface area contributed by atoms with Crippen LogP contribution in [0.4, 0.5) is 17.3 Å². The summed E-state index contributed by atoms with van der Waals surface area (Å²) in [4.78, 5) is 13.2. The Labute approximate surface area is 272 Å². The van der Waals surface area contributed by atoms with Crippen LogP contribution in [-0.2, 0) is 0 Å². The number of aromatic nitrogens is 2. The first-order valence-corrected chi connectivity index (χ1v) is 16.6. The van der Waals surface area contributed by atoms with Gasteiger partial charge in [0, 0.05) is 37.4 Å². The molecule has 0 N–H and O–H groups in total. The third-order valence-electron chi connectivity index (χ3n) is 9.60. The Hall–Kier alpha value is -6.04. The molecule has 1 aliphatic rings. The third-order valence-corrected chi connectivity index (χ3v) is 10.8. The largest absolute Gasteiger partial charge is 0.456 e. The Morgan fingerprint density at radius 3 is 2.26 bits per heavy atom. The lowest BCUT2D eigenvalue weighted by Gasteiger charge is -2.32. The lowest BCUT2D eigenvalue weighted by molar-refractivity contribution is 0.669. The summed E-state index contributed by atoms with van der Waals surface area (Å²) < 4.78 is 8.48. The monoisotopic (exact) mass is 617 g/mol. The third kappa shape index (κ3) is 3.46. The maximum absolute atomic E-state index is 6.20. The van der Waals surface area contributed by atoms with E-state index < -0.39 is 0 Å². The normalized spacial score (nSPS) is 12.6. The van der Waals surface area contributed by atoms with E-state index in [0.29, 0.717) is 5.95 Å². The molecule has 47 heavy (non-hydrogen) atoms. The molecule has 0 saturated carbocycles. The number of furan rings is 1. The number of benzene rings is 7. The SMILES string of the molecule is c1ccc2c3c(ccc2c1)N(c1nc(-c2ccc4oc5ccccc5c4c2)c2sc4ccccc4c2n1)c1cccc2cccc-3c12. The minimum absolute atomic E-state index is 0.659. The molecule has 0 amide bonds. The summed E-state index contributed by atoms with van der Waals surface area (Å²) in [6.45, 7) is 0. The number of para-hydroxylation sites is 1. The van der Waals surface area contributed by atoms with E-state index in [1.807, 2.05) is 12.1 Å². The van der Waals surface area contributed by atoms with Gasteiger partial charge in [-0.1, -0.05) is 97.1 Å². The molecule has 0 atom stereocenters. The van der Waals surface area contributed by atoms with Crippen LogP contribution in [0.3, 0.4) is 0 Å². The highest BCUT2D eigenvalue weighted by Gasteiger charge is 2.30. The molecule has 0 fully saturated rings. The zero-order chi connectivity index (χ0) is 30.6. The smallest absolute Gasteiger partial charge is 0.235 e. The van der Waals surface area contributed by atoms with E-state index in [4.69, 9.17) is 14.4 Å². The van der Waals surface area contributed by atoms with Gasteiger partial charge in [0.05, 0.1) is 27.3 Å². The Morgan fingerprint density at radius 1 is 0.553 bits per heavy atom. The fourth-order valence-corrected chi connectivity index (χ4v) is 8.69. The zero-order valence-corrected chi connectivity index (χ0v) is 25.8. The highest BCUT2D eigenvalue weighted by Crippen LogP contribution is 2.53. The Balaban J connectivity index is 1.26.